The van der Waals surface area contributed by atoms with Gasteiger partial charge in [-0.3, -0.25) is 9.59 Å². The van der Waals surface area contributed by atoms with Crippen molar-refractivity contribution in [3.63, 3.8) is 0 Å². The van der Waals surface area contributed by atoms with Gasteiger partial charge in [-0.15, -0.1) is 0 Å². The summed E-state index contributed by atoms with van der Waals surface area (Å²) >= 11 is 0. The minimum atomic E-state index is -0.416. The van der Waals surface area contributed by atoms with Gasteiger partial charge in [0.2, 0.25) is 11.8 Å². The van der Waals surface area contributed by atoms with Crippen LogP contribution in [0.1, 0.15) is 19.6 Å². The third kappa shape index (κ3) is 2.33. The first-order valence-electron chi connectivity index (χ1n) is 5.71. The van der Waals surface area contributed by atoms with Crippen LogP contribution in [0, 0.1) is 0 Å². The molecule has 2 amide bonds. The van der Waals surface area contributed by atoms with E-state index < -0.39 is 6.04 Å². The lowest BCUT2D eigenvalue weighted by molar-refractivity contribution is -0.147. The Morgan fingerprint density at radius 1 is 1.59 bits per heavy atom. The van der Waals surface area contributed by atoms with Crippen LogP contribution in [0.3, 0.4) is 0 Å². The Morgan fingerprint density at radius 2 is 2.35 bits per heavy atom. The van der Waals surface area contributed by atoms with Crippen LogP contribution >= 0.6 is 0 Å². The maximum absolute atomic E-state index is 11.8. The molecule has 1 aliphatic rings. The van der Waals surface area contributed by atoms with Crippen LogP contribution in [0.15, 0.2) is 22.8 Å². The SMILES string of the molecule is CC(Cc1ccco1)N1C(=O)CNC(=O)C1C. The second-order valence-corrected chi connectivity index (χ2v) is 4.33. The zero-order valence-electron chi connectivity index (χ0n) is 9.97. The first-order chi connectivity index (χ1) is 8.09. The lowest BCUT2D eigenvalue weighted by Gasteiger charge is -2.37. The average molecular weight is 236 g/mol. The van der Waals surface area contributed by atoms with Gasteiger partial charge in [0, 0.05) is 12.5 Å². The summed E-state index contributed by atoms with van der Waals surface area (Å²) in [4.78, 5) is 25.0. The lowest BCUT2D eigenvalue weighted by atomic mass is 10.1. The van der Waals surface area contributed by atoms with E-state index >= 15 is 0 Å². The summed E-state index contributed by atoms with van der Waals surface area (Å²) in [7, 11) is 0. The molecule has 1 saturated heterocycles. The van der Waals surface area contributed by atoms with Gasteiger partial charge in [0.1, 0.15) is 11.8 Å². The van der Waals surface area contributed by atoms with Gasteiger partial charge in [-0.05, 0) is 26.0 Å². The van der Waals surface area contributed by atoms with E-state index in [-0.39, 0.29) is 24.4 Å². The lowest BCUT2D eigenvalue weighted by Crippen LogP contribution is -2.60. The molecule has 1 aromatic rings. The maximum Gasteiger partial charge on any atom is 0.242 e. The zero-order chi connectivity index (χ0) is 12.4. The molecule has 17 heavy (non-hydrogen) atoms. The molecule has 1 aliphatic heterocycles. The van der Waals surface area contributed by atoms with Crippen LogP contribution in [-0.2, 0) is 16.0 Å². The number of amides is 2. The molecule has 0 radical (unpaired) electrons. The molecule has 2 unspecified atom stereocenters. The summed E-state index contributed by atoms with van der Waals surface area (Å²) in [6.07, 6.45) is 2.23. The first kappa shape index (κ1) is 11.7. The molecule has 1 N–H and O–H groups in total. The Kier molecular flexibility index (Phi) is 3.17. The summed E-state index contributed by atoms with van der Waals surface area (Å²) < 4.78 is 5.25. The Hall–Kier alpha value is -1.78. The Bertz CT molecular complexity index is 413. The van der Waals surface area contributed by atoms with Crippen molar-refractivity contribution in [1.29, 1.82) is 0 Å². The van der Waals surface area contributed by atoms with E-state index in [2.05, 4.69) is 5.32 Å². The number of hydrogen-bond acceptors (Lipinski definition) is 3. The molecule has 92 valence electrons. The number of rotatable bonds is 3. The van der Waals surface area contributed by atoms with Crippen molar-refractivity contribution in [3.05, 3.63) is 24.2 Å². The maximum atomic E-state index is 11.8. The van der Waals surface area contributed by atoms with Crippen molar-refractivity contribution in [3.8, 4) is 0 Å². The molecule has 5 heteroatoms. The average Bonchev–Trinajstić information content (AvgIpc) is 2.77. The number of carbonyl (C=O) groups excluding carboxylic acids is 2. The van der Waals surface area contributed by atoms with Crippen LogP contribution in [0.25, 0.3) is 0 Å². The monoisotopic (exact) mass is 236 g/mol. The van der Waals surface area contributed by atoms with Gasteiger partial charge in [-0.25, -0.2) is 0 Å². The van der Waals surface area contributed by atoms with E-state index in [9.17, 15) is 9.59 Å². The first-order valence-corrected chi connectivity index (χ1v) is 5.71. The van der Waals surface area contributed by atoms with Gasteiger partial charge in [0.05, 0.1) is 12.8 Å². The Morgan fingerprint density at radius 3 is 3.00 bits per heavy atom. The van der Waals surface area contributed by atoms with Gasteiger partial charge >= 0.3 is 0 Å². The molecule has 0 bridgehead atoms. The quantitative estimate of drug-likeness (QED) is 0.834. The van der Waals surface area contributed by atoms with E-state index in [4.69, 9.17) is 4.42 Å². The van der Waals surface area contributed by atoms with Crippen molar-refractivity contribution in [2.24, 2.45) is 0 Å². The predicted molar refractivity (Wildman–Crippen MR) is 61.2 cm³/mol. The van der Waals surface area contributed by atoms with E-state index in [1.807, 2.05) is 19.1 Å². The van der Waals surface area contributed by atoms with Gasteiger partial charge in [0.25, 0.3) is 0 Å². The van der Waals surface area contributed by atoms with Crippen molar-refractivity contribution in [2.45, 2.75) is 32.4 Å². The van der Waals surface area contributed by atoms with E-state index in [1.54, 1.807) is 18.1 Å². The topological polar surface area (TPSA) is 62.6 Å². The van der Waals surface area contributed by atoms with Gasteiger partial charge in [-0.1, -0.05) is 0 Å². The minimum absolute atomic E-state index is 0.0452. The molecule has 5 nitrogen and oxygen atoms in total. The van der Waals surface area contributed by atoms with Crippen molar-refractivity contribution in [1.82, 2.24) is 10.2 Å². The fourth-order valence-corrected chi connectivity index (χ4v) is 2.19. The highest BCUT2D eigenvalue weighted by Crippen LogP contribution is 2.15. The second kappa shape index (κ2) is 4.61. The normalized spacial score (nSPS) is 22.5. The summed E-state index contributed by atoms with van der Waals surface area (Å²) in [5, 5.41) is 2.57. The van der Waals surface area contributed by atoms with E-state index in [0.29, 0.717) is 6.42 Å². The number of furan rings is 1. The molecule has 0 aliphatic carbocycles. The van der Waals surface area contributed by atoms with Crippen LogP contribution in [0.4, 0.5) is 0 Å². The molecule has 0 aromatic carbocycles. The van der Waals surface area contributed by atoms with Crippen LogP contribution in [0.5, 0.6) is 0 Å². The number of nitrogens with one attached hydrogen (secondary N) is 1. The Balaban J connectivity index is 2.08. The molecule has 1 fully saturated rings. The van der Waals surface area contributed by atoms with Crippen LogP contribution < -0.4 is 5.32 Å². The summed E-state index contributed by atoms with van der Waals surface area (Å²) in [6.45, 7) is 3.76. The number of hydrogen-bond donors (Lipinski definition) is 1. The molecule has 0 saturated carbocycles. The second-order valence-electron chi connectivity index (χ2n) is 4.33. The summed E-state index contributed by atoms with van der Waals surface area (Å²) in [6, 6.07) is 3.22. The van der Waals surface area contributed by atoms with E-state index in [0.717, 1.165) is 5.76 Å². The van der Waals surface area contributed by atoms with Crippen molar-refractivity contribution in [2.75, 3.05) is 6.54 Å². The van der Waals surface area contributed by atoms with Gasteiger partial charge in [-0.2, -0.15) is 0 Å². The summed E-state index contributed by atoms with van der Waals surface area (Å²) in [5.41, 5.74) is 0. The highest BCUT2D eigenvalue weighted by Gasteiger charge is 2.34. The molecule has 2 atom stereocenters. The predicted octanol–water partition coefficient (Wildman–Crippen LogP) is 0.557. The number of piperazine rings is 1. The molecular weight excluding hydrogens is 220 g/mol. The number of nitrogens with zero attached hydrogens (tertiary/aromatic N) is 1. The van der Waals surface area contributed by atoms with Gasteiger partial charge in [0.15, 0.2) is 0 Å². The molecule has 0 spiro atoms. The molecule has 1 aromatic heterocycles. The largest absolute Gasteiger partial charge is 0.469 e. The van der Waals surface area contributed by atoms with Crippen LogP contribution in [-0.4, -0.2) is 35.3 Å². The van der Waals surface area contributed by atoms with Gasteiger partial charge < -0.3 is 14.6 Å². The van der Waals surface area contributed by atoms with Crippen LogP contribution in [0.2, 0.25) is 0 Å². The third-order valence-electron chi connectivity index (χ3n) is 3.05. The third-order valence-corrected chi connectivity index (χ3v) is 3.05. The highest BCUT2D eigenvalue weighted by atomic mass is 16.3. The number of carbonyl (C=O) groups is 2. The molecule has 2 heterocycles. The van der Waals surface area contributed by atoms with Crippen molar-refractivity contribution < 1.29 is 14.0 Å². The molecule has 2 rings (SSSR count). The highest BCUT2D eigenvalue weighted by molar-refractivity contribution is 5.94. The minimum Gasteiger partial charge on any atom is -0.469 e. The standard InChI is InChI=1S/C12H16N2O3/c1-8(6-10-4-3-5-17-10)14-9(2)12(16)13-7-11(14)15/h3-5,8-9H,6-7H2,1-2H3,(H,13,16). The summed E-state index contributed by atoms with van der Waals surface area (Å²) in [5.74, 6) is 0.676. The smallest absolute Gasteiger partial charge is 0.242 e. The van der Waals surface area contributed by atoms with E-state index in [1.165, 1.54) is 0 Å². The Labute approximate surface area is 99.8 Å². The zero-order valence-corrected chi connectivity index (χ0v) is 9.97. The fraction of sp³-hybridized carbons (Fsp3) is 0.500. The van der Waals surface area contributed by atoms with Crippen molar-refractivity contribution >= 4 is 11.8 Å². The molecular formula is C12H16N2O3. The fourth-order valence-electron chi connectivity index (χ4n) is 2.19.